The number of amides is 1. The molecule has 0 radical (unpaired) electrons. The van der Waals surface area contributed by atoms with E-state index in [4.69, 9.17) is 27.9 Å². The number of benzene rings is 1. The normalized spacial score (nSPS) is 16.0. The summed E-state index contributed by atoms with van der Waals surface area (Å²) in [7, 11) is 0. The Kier molecular flexibility index (Phi) is 4.23. The number of rotatable bonds is 3. The number of aryl methyl sites for hydroxylation is 1. The molecule has 1 atom stereocenters. The van der Waals surface area contributed by atoms with Crippen molar-refractivity contribution in [2.75, 3.05) is 6.61 Å². The predicted molar refractivity (Wildman–Crippen MR) is 85.5 cm³/mol. The van der Waals surface area contributed by atoms with Crippen molar-refractivity contribution in [2.45, 2.75) is 19.4 Å². The van der Waals surface area contributed by atoms with Crippen LogP contribution in [-0.4, -0.2) is 17.5 Å². The van der Waals surface area contributed by atoms with E-state index in [1.807, 2.05) is 13.0 Å². The lowest BCUT2D eigenvalue weighted by Gasteiger charge is -2.13. The van der Waals surface area contributed by atoms with Crippen molar-refractivity contribution in [3.05, 3.63) is 57.3 Å². The molecule has 1 N–H and O–H groups in total. The second kappa shape index (κ2) is 6.15. The van der Waals surface area contributed by atoms with Crippen LogP contribution in [0.5, 0.6) is 5.75 Å². The van der Waals surface area contributed by atoms with Gasteiger partial charge in [0, 0.05) is 21.8 Å². The van der Waals surface area contributed by atoms with Gasteiger partial charge in [-0.1, -0.05) is 23.2 Å². The molecule has 2 aromatic rings. The predicted octanol–water partition coefficient (Wildman–Crippen LogP) is 3.49. The fourth-order valence-electron chi connectivity index (χ4n) is 2.54. The first-order valence-electron chi connectivity index (χ1n) is 6.85. The third kappa shape index (κ3) is 3.03. The molecule has 1 aromatic heterocycles. The highest BCUT2D eigenvalue weighted by Gasteiger charge is 2.25. The van der Waals surface area contributed by atoms with Gasteiger partial charge >= 0.3 is 0 Å². The van der Waals surface area contributed by atoms with Gasteiger partial charge in [-0.15, -0.1) is 0 Å². The minimum atomic E-state index is -0.156. The van der Waals surface area contributed by atoms with E-state index in [1.165, 1.54) is 0 Å². The lowest BCUT2D eigenvalue weighted by atomic mass is 10.0. The Bertz CT molecular complexity index is 711. The van der Waals surface area contributed by atoms with Crippen molar-refractivity contribution in [3.8, 4) is 5.75 Å². The highest BCUT2D eigenvalue weighted by Crippen LogP contribution is 2.31. The van der Waals surface area contributed by atoms with Crippen LogP contribution in [0.3, 0.4) is 0 Å². The molecule has 6 heteroatoms. The van der Waals surface area contributed by atoms with Crippen molar-refractivity contribution < 1.29 is 9.53 Å². The number of hydrogen-bond acceptors (Lipinski definition) is 3. The van der Waals surface area contributed by atoms with E-state index in [9.17, 15) is 4.79 Å². The lowest BCUT2D eigenvalue weighted by Crippen LogP contribution is -2.30. The number of ether oxygens (including phenoxy) is 1. The molecule has 1 amide bonds. The molecular weight excluding hydrogens is 323 g/mol. The first kappa shape index (κ1) is 15.1. The third-order valence-electron chi connectivity index (χ3n) is 3.65. The molecule has 0 saturated heterocycles. The number of carbonyl (C=O) groups excluding carboxylic acids is 1. The van der Waals surface area contributed by atoms with Crippen molar-refractivity contribution in [2.24, 2.45) is 0 Å². The maximum Gasteiger partial charge on any atom is 0.225 e. The summed E-state index contributed by atoms with van der Waals surface area (Å²) in [5, 5.41) is 4.04. The van der Waals surface area contributed by atoms with E-state index in [1.54, 1.807) is 24.5 Å². The van der Waals surface area contributed by atoms with Gasteiger partial charge in [0.25, 0.3) is 0 Å². The topological polar surface area (TPSA) is 51.2 Å². The van der Waals surface area contributed by atoms with Gasteiger partial charge in [0.15, 0.2) is 0 Å². The maximum absolute atomic E-state index is 12.3. The molecule has 114 valence electrons. The van der Waals surface area contributed by atoms with E-state index in [0.717, 1.165) is 16.7 Å². The third-order valence-corrected chi connectivity index (χ3v) is 4.21. The summed E-state index contributed by atoms with van der Waals surface area (Å²) in [6.07, 6.45) is 3.55. The Morgan fingerprint density at radius 2 is 2.27 bits per heavy atom. The summed E-state index contributed by atoms with van der Waals surface area (Å²) in [4.78, 5) is 16.3. The first-order valence-corrected chi connectivity index (χ1v) is 7.61. The number of halogens is 2. The Morgan fingerprint density at radius 3 is 3.05 bits per heavy atom. The molecule has 4 nitrogen and oxygen atoms in total. The molecule has 2 heterocycles. The molecule has 22 heavy (non-hydrogen) atoms. The number of carbonyl (C=O) groups is 1. The summed E-state index contributed by atoms with van der Waals surface area (Å²) < 4.78 is 5.50. The average Bonchev–Trinajstić information content (AvgIpc) is 2.86. The fourth-order valence-corrected chi connectivity index (χ4v) is 3.21. The number of fused-ring (bicyclic) bond motifs is 1. The molecule has 1 aromatic carbocycles. The molecule has 3 rings (SSSR count). The second-order valence-electron chi connectivity index (χ2n) is 5.20. The molecular formula is C16H14Cl2N2O2. The largest absolute Gasteiger partial charge is 0.489 e. The SMILES string of the molecule is Cc1cc(Cl)cc(Cl)c1CC(=O)N[C@@H]1COc2cnccc21. The molecule has 0 saturated carbocycles. The number of aromatic nitrogens is 1. The number of nitrogens with one attached hydrogen (secondary N) is 1. The number of hydrogen-bond donors (Lipinski definition) is 1. The highest BCUT2D eigenvalue weighted by molar-refractivity contribution is 6.35. The summed E-state index contributed by atoms with van der Waals surface area (Å²) in [5.41, 5.74) is 2.64. The van der Waals surface area contributed by atoms with E-state index in [-0.39, 0.29) is 18.4 Å². The van der Waals surface area contributed by atoms with Crippen LogP contribution in [0.2, 0.25) is 10.0 Å². The zero-order chi connectivity index (χ0) is 15.7. The van der Waals surface area contributed by atoms with Gasteiger partial charge in [0.05, 0.1) is 18.7 Å². The Labute approximate surface area is 138 Å². The Balaban J connectivity index is 1.72. The summed E-state index contributed by atoms with van der Waals surface area (Å²) in [5.74, 6) is 0.610. The molecule has 1 aliphatic heterocycles. The van der Waals surface area contributed by atoms with Crippen molar-refractivity contribution >= 4 is 29.1 Å². The van der Waals surface area contributed by atoms with Gasteiger partial charge < -0.3 is 10.1 Å². The monoisotopic (exact) mass is 336 g/mol. The van der Waals surface area contributed by atoms with Gasteiger partial charge in [-0.25, -0.2) is 0 Å². The average molecular weight is 337 g/mol. The van der Waals surface area contributed by atoms with Gasteiger partial charge in [-0.2, -0.15) is 0 Å². The standard InChI is InChI=1S/C16H14Cl2N2O2/c1-9-4-10(17)5-13(18)12(9)6-16(21)20-14-8-22-15-7-19-3-2-11(14)15/h2-5,7,14H,6,8H2,1H3,(H,20,21)/t14-/m1/s1. The maximum atomic E-state index is 12.3. The molecule has 0 fully saturated rings. The molecule has 0 unspecified atom stereocenters. The molecule has 0 spiro atoms. The Morgan fingerprint density at radius 1 is 1.45 bits per heavy atom. The summed E-state index contributed by atoms with van der Waals surface area (Å²) >= 11 is 12.1. The van der Waals surface area contributed by atoms with Gasteiger partial charge in [0.2, 0.25) is 5.91 Å². The van der Waals surface area contributed by atoms with Crippen LogP contribution in [0.1, 0.15) is 22.7 Å². The van der Waals surface area contributed by atoms with Gasteiger partial charge in [0.1, 0.15) is 12.4 Å². The van der Waals surface area contributed by atoms with Crippen LogP contribution in [0.15, 0.2) is 30.6 Å². The van der Waals surface area contributed by atoms with E-state index in [0.29, 0.717) is 22.4 Å². The van der Waals surface area contributed by atoms with Crippen LogP contribution in [0.4, 0.5) is 0 Å². The van der Waals surface area contributed by atoms with Crippen LogP contribution in [-0.2, 0) is 11.2 Å². The van der Waals surface area contributed by atoms with Crippen LogP contribution in [0, 0.1) is 6.92 Å². The van der Waals surface area contributed by atoms with Crippen molar-refractivity contribution in [1.29, 1.82) is 0 Å². The zero-order valence-corrected chi connectivity index (χ0v) is 13.4. The number of nitrogens with zero attached hydrogens (tertiary/aromatic N) is 1. The van der Waals surface area contributed by atoms with Crippen LogP contribution >= 0.6 is 23.2 Å². The van der Waals surface area contributed by atoms with E-state index < -0.39 is 0 Å². The molecule has 0 aliphatic carbocycles. The van der Waals surface area contributed by atoms with Gasteiger partial charge in [-0.05, 0) is 36.2 Å². The molecule has 1 aliphatic rings. The quantitative estimate of drug-likeness (QED) is 0.933. The smallest absolute Gasteiger partial charge is 0.225 e. The van der Waals surface area contributed by atoms with Crippen LogP contribution < -0.4 is 10.1 Å². The van der Waals surface area contributed by atoms with Crippen LogP contribution in [0.25, 0.3) is 0 Å². The zero-order valence-electron chi connectivity index (χ0n) is 11.9. The minimum Gasteiger partial charge on any atom is -0.489 e. The van der Waals surface area contributed by atoms with Crippen molar-refractivity contribution in [1.82, 2.24) is 10.3 Å². The second-order valence-corrected chi connectivity index (χ2v) is 6.05. The molecule has 0 bridgehead atoms. The summed E-state index contributed by atoms with van der Waals surface area (Å²) in [6, 6.07) is 5.15. The minimum absolute atomic E-state index is 0.106. The van der Waals surface area contributed by atoms with E-state index >= 15 is 0 Å². The number of pyridine rings is 1. The summed E-state index contributed by atoms with van der Waals surface area (Å²) in [6.45, 7) is 2.31. The highest BCUT2D eigenvalue weighted by atomic mass is 35.5. The fraction of sp³-hybridized carbons (Fsp3) is 0.250. The van der Waals surface area contributed by atoms with E-state index in [2.05, 4.69) is 10.3 Å². The van der Waals surface area contributed by atoms with Crippen molar-refractivity contribution in [3.63, 3.8) is 0 Å². The Hall–Kier alpha value is -1.78. The van der Waals surface area contributed by atoms with Gasteiger partial charge in [-0.3, -0.25) is 9.78 Å². The first-order chi connectivity index (χ1) is 10.5. The lowest BCUT2D eigenvalue weighted by molar-refractivity contribution is -0.121.